The molecule has 3 heterocycles. The highest BCUT2D eigenvalue weighted by Gasteiger charge is 2.56. The standard InChI is InChI=1S/C44H69NO12/c1-9-12-31-18-25(2)17-26(3)19-37(54-7)40-38(55-8)21-28(5)44(53,57-40)41(50)42(51)45-16-11-10-13-33(45)43(52)56-39(29(6)35(48)23-36(31)49)27(4)20-30-14-15-34(47)32(22-30)24-46/h9,18,20,26,28-35,37-40,46-48,53H,1,10-17,19,21-24H2,2-8H3/t26-,28+,29+,30-,31-,32-,33-,34+,35-,37-,38-,39+,40+,44+/m0/s1. The van der Waals surface area contributed by atoms with Gasteiger partial charge in [-0.25, -0.2) is 4.79 Å². The van der Waals surface area contributed by atoms with Gasteiger partial charge in [-0.15, -0.1) is 6.58 Å². The molecular formula is C44H69NO12. The molecular weight excluding hydrogens is 734 g/mol. The zero-order chi connectivity index (χ0) is 42.2. The molecule has 1 aliphatic carbocycles. The van der Waals surface area contributed by atoms with Crippen molar-refractivity contribution in [1.29, 1.82) is 0 Å². The van der Waals surface area contributed by atoms with Crippen LogP contribution in [0.25, 0.3) is 0 Å². The Bertz CT molecular complexity index is 1480. The van der Waals surface area contributed by atoms with E-state index in [1.165, 1.54) is 19.1 Å². The van der Waals surface area contributed by atoms with Crippen molar-refractivity contribution in [3.63, 3.8) is 0 Å². The van der Waals surface area contributed by atoms with Crippen LogP contribution in [-0.4, -0.2) is 125 Å². The van der Waals surface area contributed by atoms with Crippen LogP contribution in [0.4, 0.5) is 0 Å². The number of hydrogen-bond donors (Lipinski definition) is 4. The molecule has 0 aromatic rings. The van der Waals surface area contributed by atoms with Crippen molar-refractivity contribution >= 4 is 23.4 Å². The van der Waals surface area contributed by atoms with Gasteiger partial charge in [0.2, 0.25) is 5.79 Å². The Hall–Kier alpha value is -2.78. The molecule has 4 rings (SSSR count). The molecule has 3 aliphatic heterocycles. The molecule has 57 heavy (non-hydrogen) atoms. The molecule has 13 nitrogen and oxygen atoms in total. The second-order valence-electron chi connectivity index (χ2n) is 17.4. The number of aliphatic hydroxyl groups excluding tert-OH is 3. The number of carbonyl (C=O) groups excluding carboxylic acids is 4. The van der Waals surface area contributed by atoms with Gasteiger partial charge in [0, 0.05) is 57.5 Å². The SMILES string of the molecule is C=CC[C@H]1C=C(C)C[C@H](C)C[C@H](OC)[C@H]2O[C@@](O)(C(=O)C(=O)N3CCCC[C@H]3C(=O)O[C@H](C(C)=C[C@@H]3CC[C@@H](O)[C@H](CO)C3)[C@H](C)[C@@H](O)CC1=O)[C@H](C)C[C@@H]2OC. The highest BCUT2D eigenvalue weighted by molar-refractivity contribution is 6.39. The Morgan fingerprint density at radius 1 is 0.982 bits per heavy atom. The highest BCUT2D eigenvalue weighted by atomic mass is 16.7. The lowest BCUT2D eigenvalue weighted by molar-refractivity contribution is -0.302. The summed E-state index contributed by atoms with van der Waals surface area (Å²) in [5.74, 6) is -8.19. The van der Waals surface area contributed by atoms with E-state index >= 15 is 0 Å². The van der Waals surface area contributed by atoms with E-state index in [2.05, 4.69) is 6.58 Å². The number of carbonyl (C=O) groups is 4. The summed E-state index contributed by atoms with van der Waals surface area (Å²) in [6.45, 7) is 12.9. The van der Waals surface area contributed by atoms with Crippen LogP contribution in [-0.2, 0) is 38.1 Å². The maximum Gasteiger partial charge on any atom is 0.329 e. The van der Waals surface area contributed by atoms with Crippen molar-refractivity contribution in [2.75, 3.05) is 27.4 Å². The summed E-state index contributed by atoms with van der Waals surface area (Å²) in [4.78, 5) is 57.8. The minimum atomic E-state index is -2.52. The summed E-state index contributed by atoms with van der Waals surface area (Å²) in [5, 5.41) is 44.0. The van der Waals surface area contributed by atoms with Gasteiger partial charge >= 0.3 is 5.97 Å². The fraction of sp³-hybridized carbons (Fsp3) is 0.773. The third kappa shape index (κ3) is 11.3. The summed E-state index contributed by atoms with van der Waals surface area (Å²) in [7, 11) is 3.04. The molecule has 1 amide bonds. The van der Waals surface area contributed by atoms with Gasteiger partial charge in [-0.2, -0.15) is 0 Å². The number of ether oxygens (including phenoxy) is 4. The first-order valence-corrected chi connectivity index (χ1v) is 21.0. The fourth-order valence-corrected chi connectivity index (χ4v) is 9.51. The van der Waals surface area contributed by atoms with Crippen LogP contribution in [0.2, 0.25) is 0 Å². The van der Waals surface area contributed by atoms with Gasteiger partial charge < -0.3 is 44.3 Å². The molecule has 0 radical (unpaired) electrons. The lowest BCUT2D eigenvalue weighted by Crippen LogP contribution is -2.64. The van der Waals surface area contributed by atoms with Crippen LogP contribution in [0.1, 0.15) is 105 Å². The lowest BCUT2D eigenvalue weighted by atomic mass is 9.78. The van der Waals surface area contributed by atoms with Gasteiger partial charge in [0.1, 0.15) is 24.0 Å². The van der Waals surface area contributed by atoms with E-state index in [9.17, 15) is 39.6 Å². The van der Waals surface area contributed by atoms with E-state index in [0.717, 1.165) is 5.57 Å². The second-order valence-corrected chi connectivity index (χ2v) is 17.4. The molecule has 13 heteroatoms. The third-order valence-corrected chi connectivity index (χ3v) is 13.0. The quantitative estimate of drug-likeness (QED) is 0.163. The Kier molecular flexibility index (Phi) is 17.2. The monoisotopic (exact) mass is 803 g/mol. The molecule has 0 aromatic carbocycles. The number of esters is 1. The molecule has 1 saturated carbocycles. The average Bonchev–Trinajstić information content (AvgIpc) is 3.18. The number of cyclic esters (lactones) is 1. The van der Waals surface area contributed by atoms with E-state index in [1.807, 2.05) is 26.0 Å². The van der Waals surface area contributed by atoms with Crippen LogP contribution in [0.15, 0.2) is 36.0 Å². The van der Waals surface area contributed by atoms with E-state index in [0.29, 0.717) is 56.9 Å². The van der Waals surface area contributed by atoms with E-state index < -0.39 is 83.9 Å². The molecule has 4 N–H and O–H groups in total. The Balaban J connectivity index is 1.78. The summed E-state index contributed by atoms with van der Waals surface area (Å²) >= 11 is 0. The number of hydrogen-bond acceptors (Lipinski definition) is 12. The lowest BCUT2D eigenvalue weighted by Gasteiger charge is -2.47. The number of allylic oxidation sites excluding steroid dienone is 4. The van der Waals surface area contributed by atoms with Crippen molar-refractivity contribution in [1.82, 2.24) is 4.90 Å². The molecule has 322 valence electrons. The predicted molar refractivity (Wildman–Crippen MR) is 212 cm³/mol. The number of nitrogens with zero attached hydrogens (tertiary/aromatic N) is 1. The normalized spacial score (nSPS) is 40.1. The molecule has 0 aromatic heterocycles. The van der Waals surface area contributed by atoms with E-state index in [-0.39, 0.29) is 56.0 Å². The van der Waals surface area contributed by atoms with Crippen molar-refractivity contribution in [2.24, 2.45) is 35.5 Å². The van der Waals surface area contributed by atoms with Crippen LogP contribution < -0.4 is 0 Å². The molecule has 2 bridgehead atoms. The maximum absolute atomic E-state index is 14.3. The number of ketones is 2. The maximum atomic E-state index is 14.3. The number of aliphatic hydroxyl groups is 4. The smallest absolute Gasteiger partial charge is 0.329 e. The largest absolute Gasteiger partial charge is 0.456 e. The summed E-state index contributed by atoms with van der Waals surface area (Å²) in [5.41, 5.74) is 1.58. The van der Waals surface area contributed by atoms with Gasteiger partial charge in [-0.3, -0.25) is 14.4 Å². The Morgan fingerprint density at radius 2 is 1.67 bits per heavy atom. The molecule has 0 spiro atoms. The number of piperidine rings is 1. The van der Waals surface area contributed by atoms with Crippen LogP contribution in [0.3, 0.4) is 0 Å². The first-order valence-electron chi connectivity index (χ1n) is 21.0. The molecule has 14 atom stereocenters. The molecule has 4 aliphatic rings. The zero-order valence-corrected chi connectivity index (χ0v) is 35.1. The number of Topliss-reactive ketones (excluding diaryl/α,β-unsaturated/α-hetero) is 2. The first-order chi connectivity index (χ1) is 27.0. The molecule has 0 unspecified atom stereocenters. The predicted octanol–water partition coefficient (Wildman–Crippen LogP) is 4.23. The summed E-state index contributed by atoms with van der Waals surface area (Å²) in [6.07, 6.45) is 5.00. The number of rotatable bonds is 7. The number of fused-ring (bicyclic) bond motifs is 3. The highest BCUT2D eigenvalue weighted by Crippen LogP contribution is 2.39. The Morgan fingerprint density at radius 3 is 2.32 bits per heavy atom. The minimum Gasteiger partial charge on any atom is -0.456 e. The minimum absolute atomic E-state index is 0.00385. The summed E-state index contributed by atoms with van der Waals surface area (Å²) < 4.78 is 24.2. The van der Waals surface area contributed by atoms with Gasteiger partial charge in [-0.05, 0) is 95.5 Å². The molecule has 3 fully saturated rings. The first kappa shape index (κ1) is 46.9. The van der Waals surface area contributed by atoms with Crippen molar-refractivity contribution < 1.29 is 58.6 Å². The topological polar surface area (TPSA) is 189 Å². The van der Waals surface area contributed by atoms with Gasteiger partial charge in [0.15, 0.2) is 0 Å². The zero-order valence-electron chi connectivity index (χ0n) is 35.1. The molecule has 2 saturated heterocycles. The van der Waals surface area contributed by atoms with E-state index in [4.69, 9.17) is 18.9 Å². The number of amides is 1. The fourth-order valence-electron chi connectivity index (χ4n) is 9.51. The van der Waals surface area contributed by atoms with Crippen molar-refractivity contribution in [3.8, 4) is 0 Å². The van der Waals surface area contributed by atoms with Crippen molar-refractivity contribution in [2.45, 2.75) is 154 Å². The third-order valence-electron chi connectivity index (χ3n) is 13.0. The summed E-state index contributed by atoms with van der Waals surface area (Å²) in [6, 6.07) is -1.16. The Labute approximate surface area is 338 Å². The van der Waals surface area contributed by atoms with Crippen LogP contribution in [0, 0.1) is 35.5 Å². The van der Waals surface area contributed by atoms with Crippen LogP contribution >= 0.6 is 0 Å². The average molecular weight is 804 g/mol. The van der Waals surface area contributed by atoms with Gasteiger partial charge in [0.05, 0.1) is 24.4 Å². The van der Waals surface area contributed by atoms with Crippen molar-refractivity contribution in [3.05, 3.63) is 36.0 Å². The van der Waals surface area contributed by atoms with Crippen LogP contribution in [0.5, 0.6) is 0 Å². The number of methoxy groups -OCH3 is 2. The van der Waals surface area contributed by atoms with E-state index in [1.54, 1.807) is 26.8 Å². The van der Waals surface area contributed by atoms with Gasteiger partial charge in [-0.1, -0.05) is 44.6 Å². The van der Waals surface area contributed by atoms with Gasteiger partial charge in [0.25, 0.3) is 11.7 Å². The second kappa shape index (κ2) is 21.0.